The van der Waals surface area contributed by atoms with Gasteiger partial charge in [-0.05, 0) is 32.3 Å². The van der Waals surface area contributed by atoms with E-state index in [9.17, 15) is 9.90 Å². The van der Waals surface area contributed by atoms with E-state index in [0.717, 1.165) is 40.7 Å². The highest BCUT2D eigenvalue weighted by molar-refractivity contribution is 5.92. The summed E-state index contributed by atoms with van der Waals surface area (Å²) in [6, 6.07) is 5.88. The number of hydrogen-bond acceptors (Lipinski definition) is 2. The predicted octanol–water partition coefficient (Wildman–Crippen LogP) is 3.95. The highest BCUT2D eigenvalue weighted by Gasteiger charge is 2.44. The van der Waals surface area contributed by atoms with Gasteiger partial charge in [0, 0.05) is 10.9 Å². The van der Waals surface area contributed by atoms with Gasteiger partial charge >= 0.3 is 5.97 Å². The first-order valence-corrected chi connectivity index (χ1v) is 6.79. The number of fused-ring (bicyclic) bond motifs is 1. The molecule has 1 fully saturated rings. The standard InChI is InChI=1S/C16H18O3/c1-10-11(2)19-14-12(10)6-5-7-13(14)16(15(17)18)8-3-4-9-16/h5-7H,3-4,8-9H2,1-2H3,(H,17,18). The number of hydrogen-bond donors (Lipinski definition) is 1. The maximum absolute atomic E-state index is 11.8. The first-order chi connectivity index (χ1) is 9.06. The molecule has 1 saturated carbocycles. The van der Waals surface area contributed by atoms with Crippen molar-refractivity contribution in [1.82, 2.24) is 0 Å². The molecule has 3 heteroatoms. The number of furan rings is 1. The fraction of sp³-hybridized carbons (Fsp3) is 0.438. The lowest BCUT2D eigenvalue weighted by Crippen LogP contribution is -2.32. The zero-order valence-electron chi connectivity index (χ0n) is 11.3. The lowest BCUT2D eigenvalue weighted by atomic mass is 9.78. The van der Waals surface area contributed by atoms with Gasteiger partial charge in [0.1, 0.15) is 11.3 Å². The average Bonchev–Trinajstić information content (AvgIpc) is 2.97. The van der Waals surface area contributed by atoms with E-state index < -0.39 is 11.4 Å². The minimum absolute atomic E-state index is 0.709. The Morgan fingerprint density at radius 2 is 1.95 bits per heavy atom. The van der Waals surface area contributed by atoms with Gasteiger partial charge in [0.2, 0.25) is 0 Å². The molecular formula is C16H18O3. The van der Waals surface area contributed by atoms with Crippen LogP contribution in [-0.4, -0.2) is 11.1 Å². The van der Waals surface area contributed by atoms with E-state index in [-0.39, 0.29) is 0 Å². The van der Waals surface area contributed by atoms with Gasteiger partial charge in [0.15, 0.2) is 0 Å². The fourth-order valence-corrected chi connectivity index (χ4v) is 3.32. The molecule has 0 spiro atoms. The van der Waals surface area contributed by atoms with Crippen LogP contribution in [0.4, 0.5) is 0 Å². The first kappa shape index (κ1) is 12.3. The number of para-hydroxylation sites is 1. The van der Waals surface area contributed by atoms with Crippen molar-refractivity contribution < 1.29 is 14.3 Å². The Labute approximate surface area is 112 Å². The Kier molecular flexibility index (Phi) is 2.66. The molecule has 3 nitrogen and oxygen atoms in total. The van der Waals surface area contributed by atoms with Crippen molar-refractivity contribution in [3.63, 3.8) is 0 Å². The molecule has 0 saturated heterocycles. The number of aliphatic carboxylic acids is 1. The molecule has 1 N–H and O–H groups in total. The molecule has 0 atom stereocenters. The second-order valence-electron chi connectivity index (χ2n) is 5.56. The van der Waals surface area contributed by atoms with Crippen LogP contribution >= 0.6 is 0 Å². The summed E-state index contributed by atoms with van der Waals surface area (Å²) in [5, 5.41) is 10.8. The third-order valence-electron chi connectivity index (χ3n) is 4.58. The van der Waals surface area contributed by atoms with Crippen molar-refractivity contribution in [2.45, 2.75) is 44.9 Å². The molecule has 1 aromatic heterocycles. The first-order valence-electron chi connectivity index (χ1n) is 6.79. The van der Waals surface area contributed by atoms with Crippen LogP contribution < -0.4 is 0 Å². The molecular weight excluding hydrogens is 240 g/mol. The molecule has 1 aliphatic carbocycles. The Morgan fingerprint density at radius 3 is 2.58 bits per heavy atom. The van der Waals surface area contributed by atoms with E-state index in [2.05, 4.69) is 0 Å². The Hall–Kier alpha value is -1.77. The summed E-state index contributed by atoms with van der Waals surface area (Å²) in [6.45, 7) is 3.95. The van der Waals surface area contributed by atoms with E-state index in [1.807, 2.05) is 32.0 Å². The predicted molar refractivity (Wildman–Crippen MR) is 73.5 cm³/mol. The van der Waals surface area contributed by atoms with Crippen molar-refractivity contribution in [1.29, 1.82) is 0 Å². The molecule has 100 valence electrons. The van der Waals surface area contributed by atoms with Gasteiger partial charge in [-0.1, -0.05) is 31.0 Å². The van der Waals surface area contributed by atoms with E-state index in [1.54, 1.807) is 0 Å². The molecule has 0 amide bonds. The number of benzene rings is 1. The van der Waals surface area contributed by atoms with Crippen molar-refractivity contribution >= 4 is 16.9 Å². The summed E-state index contributed by atoms with van der Waals surface area (Å²) in [6.07, 6.45) is 3.36. The SMILES string of the molecule is Cc1oc2c(C3(C(=O)O)CCCC3)cccc2c1C. The van der Waals surface area contributed by atoms with Crippen LogP contribution in [0, 0.1) is 13.8 Å². The van der Waals surface area contributed by atoms with Gasteiger partial charge in [-0.25, -0.2) is 0 Å². The van der Waals surface area contributed by atoms with Crippen LogP contribution in [0.3, 0.4) is 0 Å². The van der Waals surface area contributed by atoms with Crippen molar-refractivity contribution in [3.8, 4) is 0 Å². The summed E-state index contributed by atoms with van der Waals surface area (Å²) in [5.74, 6) is 0.158. The molecule has 0 aliphatic heterocycles. The molecule has 0 radical (unpaired) electrons. The van der Waals surface area contributed by atoms with Crippen LogP contribution in [0.15, 0.2) is 22.6 Å². The van der Waals surface area contributed by atoms with Crippen LogP contribution in [0.1, 0.15) is 42.6 Å². The minimum atomic E-state index is -0.754. The zero-order chi connectivity index (χ0) is 13.6. The second kappa shape index (κ2) is 4.12. The summed E-state index contributed by atoms with van der Waals surface area (Å²) in [5.41, 5.74) is 1.97. The molecule has 19 heavy (non-hydrogen) atoms. The third-order valence-corrected chi connectivity index (χ3v) is 4.58. The van der Waals surface area contributed by atoms with E-state index in [4.69, 9.17) is 4.42 Å². The van der Waals surface area contributed by atoms with Gasteiger partial charge in [0.05, 0.1) is 5.41 Å². The maximum atomic E-state index is 11.8. The molecule has 1 heterocycles. The molecule has 2 aromatic rings. The van der Waals surface area contributed by atoms with Crippen molar-refractivity contribution in [2.75, 3.05) is 0 Å². The average molecular weight is 258 g/mol. The molecule has 1 aliphatic rings. The zero-order valence-corrected chi connectivity index (χ0v) is 11.3. The van der Waals surface area contributed by atoms with E-state index >= 15 is 0 Å². The summed E-state index contributed by atoms with van der Waals surface area (Å²) in [7, 11) is 0. The lowest BCUT2D eigenvalue weighted by Gasteiger charge is -2.24. The number of aryl methyl sites for hydroxylation is 2. The Bertz CT molecular complexity index is 645. The Morgan fingerprint density at radius 1 is 1.26 bits per heavy atom. The van der Waals surface area contributed by atoms with E-state index in [1.165, 1.54) is 0 Å². The molecule has 0 bridgehead atoms. The number of carboxylic acid groups (broad SMARTS) is 1. The quantitative estimate of drug-likeness (QED) is 0.887. The van der Waals surface area contributed by atoms with Gasteiger partial charge in [-0.2, -0.15) is 0 Å². The van der Waals surface area contributed by atoms with Crippen LogP contribution in [0.2, 0.25) is 0 Å². The number of carboxylic acids is 1. The fourth-order valence-electron chi connectivity index (χ4n) is 3.32. The van der Waals surface area contributed by atoms with Crippen LogP contribution in [0.5, 0.6) is 0 Å². The largest absolute Gasteiger partial charge is 0.481 e. The van der Waals surface area contributed by atoms with Gasteiger partial charge in [0.25, 0.3) is 0 Å². The normalized spacial score (nSPS) is 18.0. The third kappa shape index (κ3) is 1.61. The van der Waals surface area contributed by atoms with Crippen molar-refractivity contribution in [3.05, 3.63) is 35.1 Å². The van der Waals surface area contributed by atoms with Crippen LogP contribution in [0.25, 0.3) is 11.0 Å². The molecule has 1 aromatic carbocycles. The van der Waals surface area contributed by atoms with Crippen molar-refractivity contribution in [2.24, 2.45) is 0 Å². The molecule has 0 unspecified atom stereocenters. The second-order valence-corrected chi connectivity index (χ2v) is 5.56. The van der Waals surface area contributed by atoms with Crippen LogP contribution in [-0.2, 0) is 10.2 Å². The number of rotatable bonds is 2. The van der Waals surface area contributed by atoms with Gasteiger partial charge < -0.3 is 9.52 Å². The molecule has 3 rings (SSSR count). The highest BCUT2D eigenvalue weighted by Crippen LogP contribution is 2.45. The smallest absolute Gasteiger partial charge is 0.314 e. The van der Waals surface area contributed by atoms with E-state index in [0.29, 0.717) is 12.8 Å². The topological polar surface area (TPSA) is 50.4 Å². The number of carbonyl (C=O) groups is 1. The summed E-state index contributed by atoms with van der Waals surface area (Å²) >= 11 is 0. The maximum Gasteiger partial charge on any atom is 0.314 e. The summed E-state index contributed by atoms with van der Waals surface area (Å²) < 4.78 is 5.85. The summed E-state index contributed by atoms with van der Waals surface area (Å²) in [4.78, 5) is 11.8. The minimum Gasteiger partial charge on any atom is -0.481 e. The Balaban J connectivity index is 2.30. The highest BCUT2D eigenvalue weighted by atomic mass is 16.4. The lowest BCUT2D eigenvalue weighted by molar-refractivity contribution is -0.143. The van der Waals surface area contributed by atoms with Gasteiger partial charge in [-0.3, -0.25) is 4.79 Å². The van der Waals surface area contributed by atoms with Gasteiger partial charge in [-0.15, -0.1) is 0 Å². The monoisotopic (exact) mass is 258 g/mol.